The summed E-state index contributed by atoms with van der Waals surface area (Å²) in [5.74, 6) is -2.39. The quantitative estimate of drug-likeness (QED) is 0.212. The Morgan fingerprint density at radius 1 is 1.03 bits per heavy atom. The fourth-order valence-corrected chi connectivity index (χ4v) is 3.41. The third-order valence-electron chi connectivity index (χ3n) is 4.97. The Hall–Kier alpha value is -4.72. The van der Waals surface area contributed by atoms with Crippen LogP contribution in [0, 0.1) is 21.4 Å². The molecule has 11 nitrogen and oxygen atoms in total. The summed E-state index contributed by atoms with van der Waals surface area (Å²) in [6, 6.07) is 12.1. The normalized spacial score (nSPS) is 12.0. The average Bonchev–Trinajstić information content (AvgIpc) is 3.07. The zero-order valence-corrected chi connectivity index (χ0v) is 17.9. The van der Waals surface area contributed by atoms with Crippen molar-refractivity contribution >= 4 is 34.8 Å². The molecule has 0 bridgehead atoms. The summed E-state index contributed by atoms with van der Waals surface area (Å²) in [6.45, 7) is -0.778. The van der Waals surface area contributed by atoms with E-state index in [4.69, 9.17) is 4.74 Å². The van der Waals surface area contributed by atoms with Crippen molar-refractivity contribution in [1.29, 1.82) is 5.26 Å². The van der Waals surface area contributed by atoms with E-state index in [-0.39, 0.29) is 16.7 Å². The first kappa shape index (κ1) is 23.0. The van der Waals surface area contributed by atoms with Gasteiger partial charge in [-0.2, -0.15) is 5.26 Å². The van der Waals surface area contributed by atoms with Crippen LogP contribution in [0.25, 0.3) is 0 Å². The predicted octanol–water partition coefficient (Wildman–Crippen LogP) is 2.43. The van der Waals surface area contributed by atoms with Crippen LogP contribution in [0.2, 0.25) is 0 Å². The number of ether oxygens (including phenoxy) is 2. The number of para-hydroxylation sites is 2. The Balaban J connectivity index is 1.83. The largest absolute Gasteiger partial charge is 0.465 e. The molecule has 2 aromatic rings. The molecule has 1 heterocycles. The van der Waals surface area contributed by atoms with E-state index in [1.165, 1.54) is 0 Å². The Bertz CT molecular complexity index is 1210. The number of methoxy groups -OCH3 is 1. The summed E-state index contributed by atoms with van der Waals surface area (Å²) < 4.78 is 9.53. The second-order valence-corrected chi connectivity index (χ2v) is 6.93. The second-order valence-electron chi connectivity index (χ2n) is 6.93. The topological polar surface area (TPSA) is 143 Å². The van der Waals surface area contributed by atoms with Crippen molar-refractivity contribution < 1.29 is 28.8 Å². The number of nitro benzene ring substituents is 1. The Labute approximate surface area is 188 Å². The van der Waals surface area contributed by atoms with E-state index in [0.29, 0.717) is 5.82 Å². The van der Waals surface area contributed by atoms with Crippen LogP contribution in [0.3, 0.4) is 0 Å². The number of fused-ring (bicyclic) bond motifs is 1. The van der Waals surface area contributed by atoms with Gasteiger partial charge in [0, 0.05) is 26.2 Å². The fraction of sp³-hybridized carbons (Fsp3) is 0.182. The van der Waals surface area contributed by atoms with Crippen molar-refractivity contribution in [1.82, 2.24) is 0 Å². The molecule has 1 aliphatic heterocycles. The highest BCUT2D eigenvalue weighted by Gasteiger charge is 2.31. The number of nitriles is 1. The van der Waals surface area contributed by atoms with Crippen LogP contribution in [0.15, 0.2) is 53.9 Å². The van der Waals surface area contributed by atoms with E-state index < -0.39 is 34.9 Å². The first-order valence-electron chi connectivity index (χ1n) is 9.48. The van der Waals surface area contributed by atoms with Gasteiger partial charge in [0.25, 0.3) is 5.69 Å². The minimum absolute atomic E-state index is 0.224. The first-order chi connectivity index (χ1) is 15.7. The van der Waals surface area contributed by atoms with E-state index in [1.807, 2.05) is 30.3 Å². The molecule has 0 N–H and O–H groups in total. The number of non-ortho nitro benzene ring substituents is 1. The van der Waals surface area contributed by atoms with Crippen LogP contribution in [-0.2, 0) is 14.3 Å². The highest BCUT2D eigenvalue weighted by atomic mass is 16.6. The maximum atomic E-state index is 12.7. The number of hydrogen-bond donors (Lipinski definition) is 0. The van der Waals surface area contributed by atoms with Crippen molar-refractivity contribution in [2.75, 3.05) is 37.6 Å². The molecule has 0 radical (unpaired) electrons. The first-order valence-corrected chi connectivity index (χ1v) is 9.48. The molecule has 0 saturated heterocycles. The van der Waals surface area contributed by atoms with Crippen molar-refractivity contribution in [2.45, 2.75) is 0 Å². The van der Waals surface area contributed by atoms with E-state index in [0.717, 1.165) is 36.7 Å². The molecule has 11 heteroatoms. The van der Waals surface area contributed by atoms with Crippen molar-refractivity contribution in [2.24, 2.45) is 0 Å². The molecule has 0 aliphatic carbocycles. The molecule has 0 amide bonds. The Morgan fingerprint density at radius 3 is 2.06 bits per heavy atom. The zero-order valence-electron chi connectivity index (χ0n) is 17.9. The van der Waals surface area contributed by atoms with E-state index in [1.54, 1.807) is 23.9 Å². The van der Waals surface area contributed by atoms with Crippen LogP contribution >= 0.6 is 0 Å². The Morgan fingerprint density at radius 2 is 1.58 bits per heavy atom. The third kappa shape index (κ3) is 4.35. The molecule has 0 unspecified atom stereocenters. The molecule has 2 aromatic carbocycles. The minimum atomic E-state index is -1.07. The zero-order chi connectivity index (χ0) is 24.3. The van der Waals surface area contributed by atoms with Gasteiger partial charge in [0.05, 0.1) is 34.5 Å². The van der Waals surface area contributed by atoms with Gasteiger partial charge in [-0.05, 0) is 18.2 Å². The number of Topliss-reactive ketones (excluding diaryl/α,β-unsaturated/α-hetero) is 1. The summed E-state index contributed by atoms with van der Waals surface area (Å²) in [4.78, 5) is 50.7. The molecule has 168 valence electrons. The maximum absolute atomic E-state index is 12.7. The Kier molecular flexibility index (Phi) is 6.39. The van der Waals surface area contributed by atoms with Gasteiger partial charge in [0.15, 0.2) is 6.61 Å². The average molecular weight is 450 g/mol. The minimum Gasteiger partial charge on any atom is -0.465 e. The molecule has 3 rings (SSSR count). The maximum Gasteiger partial charge on any atom is 0.338 e. The number of esters is 2. The number of anilines is 2. The highest BCUT2D eigenvalue weighted by Crippen LogP contribution is 2.40. The van der Waals surface area contributed by atoms with Crippen LogP contribution in [0.1, 0.15) is 20.7 Å². The summed E-state index contributed by atoms with van der Waals surface area (Å²) in [5, 5.41) is 20.8. The molecule has 33 heavy (non-hydrogen) atoms. The number of ketones is 1. The molecule has 0 aromatic heterocycles. The highest BCUT2D eigenvalue weighted by molar-refractivity contribution is 6.04. The number of benzene rings is 2. The van der Waals surface area contributed by atoms with E-state index >= 15 is 0 Å². The summed E-state index contributed by atoms with van der Waals surface area (Å²) in [6.07, 6.45) is 0. The van der Waals surface area contributed by atoms with Gasteiger partial charge < -0.3 is 19.3 Å². The summed E-state index contributed by atoms with van der Waals surface area (Å²) in [5.41, 5.74) is 0.295. The van der Waals surface area contributed by atoms with E-state index in [2.05, 4.69) is 4.74 Å². The van der Waals surface area contributed by atoms with Crippen LogP contribution in [-0.4, -0.2) is 50.5 Å². The standard InChI is InChI=1S/C22H18N4O7/c1-24-17-6-4-5-7-18(17)25(2)20(24)16(11-23)19(27)12-33-22(29)14-8-13(21(28)32-3)9-15(10-14)26(30)31/h4-10H,12H2,1-3H3. The number of carbonyl (C=O) groups is 3. The molecular formula is C22H18N4O7. The van der Waals surface area contributed by atoms with Crippen molar-refractivity contribution in [3.63, 3.8) is 0 Å². The lowest BCUT2D eigenvalue weighted by Crippen LogP contribution is -2.27. The predicted molar refractivity (Wildman–Crippen MR) is 116 cm³/mol. The van der Waals surface area contributed by atoms with Gasteiger partial charge >= 0.3 is 11.9 Å². The lowest BCUT2D eigenvalue weighted by molar-refractivity contribution is -0.384. The van der Waals surface area contributed by atoms with Crippen molar-refractivity contribution in [3.8, 4) is 6.07 Å². The van der Waals surface area contributed by atoms with E-state index in [9.17, 15) is 29.8 Å². The van der Waals surface area contributed by atoms with Gasteiger partial charge in [-0.1, -0.05) is 12.1 Å². The summed E-state index contributed by atoms with van der Waals surface area (Å²) in [7, 11) is 4.49. The number of rotatable bonds is 6. The van der Waals surface area contributed by atoms with Gasteiger partial charge in [-0.15, -0.1) is 0 Å². The fourth-order valence-electron chi connectivity index (χ4n) is 3.41. The van der Waals surface area contributed by atoms with Crippen LogP contribution < -0.4 is 9.80 Å². The number of hydrogen-bond acceptors (Lipinski definition) is 10. The molecule has 0 saturated carbocycles. The number of carbonyl (C=O) groups excluding carboxylic acids is 3. The van der Waals surface area contributed by atoms with Gasteiger partial charge in [-0.25, -0.2) is 9.59 Å². The van der Waals surface area contributed by atoms with Gasteiger partial charge in [0.2, 0.25) is 5.78 Å². The lowest BCUT2D eigenvalue weighted by atomic mass is 10.1. The summed E-state index contributed by atoms with van der Waals surface area (Å²) >= 11 is 0. The lowest BCUT2D eigenvalue weighted by Gasteiger charge is -2.19. The monoisotopic (exact) mass is 450 g/mol. The SMILES string of the molecule is COC(=O)c1cc(C(=O)OCC(=O)C(C#N)=C2N(C)c3ccccc3N2C)cc([N+](=O)[O-])c1. The number of nitrogens with zero attached hydrogens (tertiary/aromatic N) is 4. The molecule has 1 aliphatic rings. The van der Waals surface area contributed by atoms with Crippen molar-refractivity contribution in [3.05, 3.63) is 75.1 Å². The molecule has 0 fully saturated rings. The van der Waals surface area contributed by atoms with Crippen LogP contribution in [0.4, 0.5) is 17.1 Å². The molecular weight excluding hydrogens is 432 g/mol. The smallest absolute Gasteiger partial charge is 0.338 e. The molecule has 0 atom stereocenters. The number of nitro groups is 1. The van der Waals surface area contributed by atoms with Gasteiger partial charge in [-0.3, -0.25) is 14.9 Å². The second kappa shape index (κ2) is 9.19. The van der Waals surface area contributed by atoms with Crippen LogP contribution in [0.5, 0.6) is 0 Å². The molecule has 0 spiro atoms. The van der Waals surface area contributed by atoms with Gasteiger partial charge in [0.1, 0.15) is 17.5 Å². The third-order valence-corrected chi connectivity index (χ3v) is 4.97.